The second-order valence-electron chi connectivity index (χ2n) is 4.53. The molecule has 1 aliphatic carbocycles. The van der Waals surface area contributed by atoms with Gasteiger partial charge < -0.3 is 10.7 Å². The number of fused-ring (bicyclic) bond motifs is 3. The molecule has 0 spiro atoms. The third-order valence-corrected chi connectivity index (χ3v) is 3.30. The van der Waals surface area contributed by atoms with Crippen LogP contribution in [0.5, 0.6) is 0 Å². The van der Waals surface area contributed by atoms with E-state index in [0.717, 1.165) is 19.3 Å². The molecule has 1 aromatic carbocycles. The van der Waals surface area contributed by atoms with E-state index in [1.807, 2.05) is 0 Å². The van der Waals surface area contributed by atoms with Gasteiger partial charge in [0.15, 0.2) is 0 Å². The van der Waals surface area contributed by atoms with Crippen LogP contribution in [-0.4, -0.2) is 11.0 Å². The van der Waals surface area contributed by atoms with Crippen LogP contribution in [0.2, 0.25) is 0 Å². The topological polar surface area (TPSA) is 41.8 Å². The molecule has 3 heteroatoms. The molecule has 0 bridgehead atoms. The summed E-state index contributed by atoms with van der Waals surface area (Å²) in [6, 6.07) is 7.83. The predicted octanol–water partition coefficient (Wildman–Crippen LogP) is 2.09. The van der Waals surface area contributed by atoms with E-state index in [0.29, 0.717) is 6.04 Å². The smallest absolute Gasteiger partial charge is 0.00831 e. The Bertz CT molecular complexity index is 516. The van der Waals surface area contributed by atoms with Crippen LogP contribution in [-0.2, 0) is 45.6 Å². The quantitative estimate of drug-likeness (QED) is 0.716. The molecular formula is C13H15N2Y-. The van der Waals surface area contributed by atoms with E-state index in [2.05, 4.69) is 30.1 Å². The first kappa shape index (κ1) is 12.3. The first-order valence-corrected chi connectivity index (χ1v) is 5.51. The molecule has 1 aliphatic rings. The minimum Gasteiger partial charge on any atom is -0.411 e. The zero-order chi connectivity index (χ0) is 10.4. The van der Waals surface area contributed by atoms with Crippen LogP contribution in [0.15, 0.2) is 12.1 Å². The fourth-order valence-corrected chi connectivity index (χ4v) is 2.49. The Morgan fingerprint density at radius 1 is 1.50 bits per heavy atom. The summed E-state index contributed by atoms with van der Waals surface area (Å²) >= 11 is 0. The molecule has 2 aromatic rings. The molecule has 0 saturated heterocycles. The second-order valence-corrected chi connectivity index (χ2v) is 4.53. The van der Waals surface area contributed by atoms with E-state index in [1.54, 1.807) is 0 Å². The number of hydrogen-bond donors (Lipinski definition) is 2. The summed E-state index contributed by atoms with van der Waals surface area (Å²) in [6.07, 6.45) is 3.20. The molecule has 16 heavy (non-hydrogen) atoms. The molecule has 0 fully saturated rings. The van der Waals surface area contributed by atoms with Gasteiger partial charge in [-0.1, -0.05) is 12.4 Å². The molecular weight excluding hydrogens is 273 g/mol. The fraction of sp³-hybridized carbons (Fsp3) is 0.385. The molecule has 2 nitrogen and oxygen atoms in total. The van der Waals surface area contributed by atoms with Gasteiger partial charge in [-0.05, 0) is 24.8 Å². The zero-order valence-electron chi connectivity index (χ0n) is 9.51. The number of hydrogen-bond acceptors (Lipinski definition) is 1. The van der Waals surface area contributed by atoms with Crippen LogP contribution < -0.4 is 5.73 Å². The molecule has 3 rings (SSSR count). The molecule has 1 aromatic heterocycles. The van der Waals surface area contributed by atoms with Crippen LogP contribution in [0.3, 0.4) is 0 Å². The number of nitrogens with one attached hydrogen (secondary N) is 1. The van der Waals surface area contributed by atoms with E-state index >= 15 is 0 Å². The van der Waals surface area contributed by atoms with Crippen molar-refractivity contribution in [1.82, 2.24) is 4.98 Å². The van der Waals surface area contributed by atoms with Crippen molar-refractivity contribution >= 4 is 10.9 Å². The van der Waals surface area contributed by atoms with Crippen LogP contribution in [0.25, 0.3) is 10.9 Å². The van der Waals surface area contributed by atoms with Crippen molar-refractivity contribution in [3.05, 3.63) is 35.0 Å². The SMILES string of the molecule is Cc1[c-]cc2[nH]c3c(c2c1)CC(N)CC3.[Y]. The van der Waals surface area contributed by atoms with Crippen LogP contribution in [0.1, 0.15) is 23.2 Å². The van der Waals surface area contributed by atoms with Gasteiger partial charge in [0.05, 0.1) is 0 Å². The number of aryl methyl sites for hydroxylation is 2. The van der Waals surface area contributed by atoms with Gasteiger partial charge in [0.2, 0.25) is 0 Å². The standard InChI is InChI=1S/C13H15N2.Y/c1-8-2-4-12-10(6-8)11-7-9(14)3-5-13(11)15-12;/h4,6,9,15H,3,5,7,14H2,1H3;/q-1;. The summed E-state index contributed by atoms with van der Waals surface area (Å²) in [7, 11) is 0. The number of benzene rings is 1. The summed E-state index contributed by atoms with van der Waals surface area (Å²) in [5.74, 6) is 0. The first-order chi connectivity index (χ1) is 7.24. The van der Waals surface area contributed by atoms with Gasteiger partial charge in [-0.3, -0.25) is 0 Å². The predicted molar refractivity (Wildman–Crippen MR) is 61.9 cm³/mol. The Hall–Kier alpha value is -0.176. The van der Waals surface area contributed by atoms with Crippen molar-refractivity contribution in [3.8, 4) is 0 Å². The number of aromatic nitrogens is 1. The fourth-order valence-electron chi connectivity index (χ4n) is 2.49. The zero-order valence-corrected chi connectivity index (χ0v) is 12.3. The van der Waals surface area contributed by atoms with Crippen LogP contribution in [0.4, 0.5) is 0 Å². The summed E-state index contributed by atoms with van der Waals surface area (Å²) in [5, 5.41) is 1.34. The minimum atomic E-state index is 0. The molecule has 0 amide bonds. The average molecular weight is 288 g/mol. The Labute approximate surface area is 121 Å². The molecule has 1 radical (unpaired) electrons. The van der Waals surface area contributed by atoms with Gasteiger partial charge in [-0.25, -0.2) is 0 Å². The minimum absolute atomic E-state index is 0. The van der Waals surface area contributed by atoms with Crippen molar-refractivity contribution in [2.75, 3.05) is 0 Å². The van der Waals surface area contributed by atoms with Gasteiger partial charge in [0.1, 0.15) is 0 Å². The largest absolute Gasteiger partial charge is 0.411 e. The molecule has 1 unspecified atom stereocenters. The normalized spacial score (nSPS) is 19.2. The molecule has 1 heterocycles. The van der Waals surface area contributed by atoms with Gasteiger partial charge in [0, 0.05) is 44.4 Å². The van der Waals surface area contributed by atoms with Gasteiger partial charge in [-0.2, -0.15) is 23.8 Å². The van der Waals surface area contributed by atoms with E-state index in [4.69, 9.17) is 5.73 Å². The summed E-state index contributed by atoms with van der Waals surface area (Å²) in [5.41, 5.74) is 11.2. The van der Waals surface area contributed by atoms with Gasteiger partial charge >= 0.3 is 0 Å². The monoisotopic (exact) mass is 288 g/mol. The van der Waals surface area contributed by atoms with Gasteiger partial charge in [0.25, 0.3) is 0 Å². The Balaban J connectivity index is 0.000000963. The van der Waals surface area contributed by atoms with E-state index < -0.39 is 0 Å². The maximum absolute atomic E-state index is 6.02. The van der Waals surface area contributed by atoms with Crippen molar-refractivity contribution in [2.24, 2.45) is 5.73 Å². The molecule has 1 atom stereocenters. The van der Waals surface area contributed by atoms with Crippen molar-refractivity contribution < 1.29 is 32.7 Å². The summed E-state index contributed by atoms with van der Waals surface area (Å²) < 4.78 is 0. The number of nitrogens with two attached hydrogens (primary N) is 1. The average Bonchev–Trinajstić information content (AvgIpc) is 2.56. The third kappa shape index (κ3) is 1.99. The molecule has 3 N–H and O–H groups in total. The maximum Gasteiger partial charge on any atom is 0.00831 e. The third-order valence-electron chi connectivity index (χ3n) is 3.30. The van der Waals surface area contributed by atoms with E-state index in [-0.39, 0.29) is 32.7 Å². The molecule has 0 aliphatic heterocycles. The van der Waals surface area contributed by atoms with Gasteiger partial charge in [-0.15, -0.1) is 5.39 Å². The Kier molecular flexibility index (Phi) is 3.53. The Morgan fingerprint density at radius 2 is 2.31 bits per heavy atom. The van der Waals surface area contributed by atoms with Crippen molar-refractivity contribution in [2.45, 2.75) is 32.2 Å². The molecule has 81 valence electrons. The summed E-state index contributed by atoms with van der Waals surface area (Å²) in [6.45, 7) is 2.08. The van der Waals surface area contributed by atoms with E-state index in [9.17, 15) is 0 Å². The number of rotatable bonds is 0. The van der Waals surface area contributed by atoms with E-state index in [1.165, 1.54) is 27.7 Å². The van der Waals surface area contributed by atoms with Crippen LogP contribution in [0, 0.1) is 13.0 Å². The second kappa shape index (κ2) is 4.60. The maximum atomic E-state index is 6.02. The van der Waals surface area contributed by atoms with Crippen LogP contribution >= 0.6 is 0 Å². The number of aromatic amines is 1. The Morgan fingerprint density at radius 3 is 3.12 bits per heavy atom. The van der Waals surface area contributed by atoms with Crippen molar-refractivity contribution in [3.63, 3.8) is 0 Å². The number of H-pyrrole nitrogens is 1. The first-order valence-electron chi connectivity index (χ1n) is 5.51. The van der Waals surface area contributed by atoms with Crippen molar-refractivity contribution in [1.29, 1.82) is 0 Å². The molecule has 0 saturated carbocycles. The summed E-state index contributed by atoms with van der Waals surface area (Å²) in [4.78, 5) is 3.48.